The third-order valence-corrected chi connectivity index (χ3v) is 7.68. The molecule has 166 valence electrons. The van der Waals surface area contributed by atoms with Gasteiger partial charge in [-0.15, -0.1) is 16.9 Å². The molecule has 2 aromatic carbocycles. The van der Waals surface area contributed by atoms with Gasteiger partial charge in [0, 0.05) is 36.0 Å². The van der Waals surface area contributed by atoms with Crippen molar-refractivity contribution >= 4 is 17.7 Å². The maximum absolute atomic E-state index is 12.9. The van der Waals surface area contributed by atoms with Crippen molar-refractivity contribution in [3.05, 3.63) is 78.1 Å². The smallest absolute Gasteiger partial charge is 0.224 e. The third kappa shape index (κ3) is 5.05. The number of amides is 1. The molecule has 6 rings (SSSR count). The van der Waals surface area contributed by atoms with Gasteiger partial charge in [-0.05, 0) is 43.0 Å². The molecule has 4 unspecified atom stereocenters. The van der Waals surface area contributed by atoms with Crippen molar-refractivity contribution in [3.63, 3.8) is 0 Å². The number of fused-ring (bicyclic) bond motifs is 3. The van der Waals surface area contributed by atoms with Crippen LogP contribution in [0.15, 0.2) is 71.8 Å². The van der Waals surface area contributed by atoms with Crippen molar-refractivity contribution in [2.75, 3.05) is 13.1 Å². The van der Waals surface area contributed by atoms with Crippen LogP contribution in [0.4, 0.5) is 0 Å². The Bertz CT molecular complexity index is 1030. The number of carbonyl (C=O) groups excluding carboxylic acids is 1. The predicted octanol–water partition coefficient (Wildman–Crippen LogP) is 3.60. The predicted molar refractivity (Wildman–Crippen MR) is 126 cm³/mol. The number of nitrogens with zero attached hydrogens (tertiary/aromatic N) is 4. The summed E-state index contributed by atoms with van der Waals surface area (Å²) in [4.78, 5) is 16.6. The molecule has 3 saturated heterocycles. The second-order valence-corrected chi connectivity index (χ2v) is 9.83. The second-order valence-electron chi connectivity index (χ2n) is 8.78. The number of carbonyl (C=O) groups is 1. The van der Waals surface area contributed by atoms with Crippen molar-refractivity contribution in [3.8, 4) is 0 Å². The van der Waals surface area contributed by atoms with E-state index in [2.05, 4.69) is 63.1 Å². The highest BCUT2D eigenvalue weighted by atomic mass is 32.2. The molecule has 0 saturated carbocycles. The molecule has 6 nitrogen and oxygen atoms in total. The zero-order chi connectivity index (χ0) is 21.8. The molecule has 1 amide bonds. The molecule has 0 radical (unpaired) electrons. The molecule has 32 heavy (non-hydrogen) atoms. The summed E-state index contributed by atoms with van der Waals surface area (Å²) in [6.45, 7) is 3.37. The van der Waals surface area contributed by atoms with Crippen LogP contribution < -0.4 is 5.32 Å². The van der Waals surface area contributed by atoms with E-state index in [0.717, 1.165) is 49.5 Å². The zero-order valence-corrected chi connectivity index (χ0v) is 19.0. The molecule has 0 aliphatic carbocycles. The standard InChI is InChI=1S/C25H29N5OS/c31-25(26-14-19-7-3-1-4-8-19)24-17-29-12-11-20(24)13-22(29)16-30-15-21(27-28-30)18-32-23-9-5-2-6-10-23/h1-10,15,20,22,24H,11-14,16-18H2,(H,26,31). The summed E-state index contributed by atoms with van der Waals surface area (Å²) in [6.07, 6.45) is 4.23. The summed E-state index contributed by atoms with van der Waals surface area (Å²) in [5.74, 6) is 1.57. The molecule has 2 bridgehead atoms. The Morgan fingerprint density at radius 2 is 1.88 bits per heavy atom. The lowest BCUT2D eigenvalue weighted by Crippen LogP contribution is -2.58. The lowest BCUT2D eigenvalue weighted by Gasteiger charge is -2.49. The van der Waals surface area contributed by atoms with E-state index in [1.807, 2.05) is 28.9 Å². The van der Waals surface area contributed by atoms with Gasteiger partial charge in [0.15, 0.2) is 0 Å². The topological polar surface area (TPSA) is 63.1 Å². The van der Waals surface area contributed by atoms with Gasteiger partial charge in [0.2, 0.25) is 5.91 Å². The van der Waals surface area contributed by atoms with E-state index >= 15 is 0 Å². The number of thioether (sulfide) groups is 1. The summed E-state index contributed by atoms with van der Waals surface area (Å²) in [6, 6.07) is 20.9. The molecule has 1 aromatic heterocycles. The van der Waals surface area contributed by atoms with E-state index in [0.29, 0.717) is 18.5 Å². The summed E-state index contributed by atoms with van der Waals surface area (Å²) in [7, 11) is 0. The zero-order valence-electron chi connectivity index (χ0n) is 18.1. The first-order chi connectivity index (χ1) is 15.7. The van der Waals surface area contributed by atoms with Crippen LogP contribution in [-0.4, -0.2) is 44.9 Å². The minimum absolute atomic E-state index is 0.0947. The van der Waals surface area contributed by atoms with Crippen molar-refractivity contribution in [1.29, 1.82) is 0 Å². The Morgan fingerprint density at radius 1 is 1.09 bits per heavy atom. The van der Waals surface area contributed by atoms with E-state index < -0.39 is 0 Å². The van der Waals surface area contributed by atoms with E-state index in [-0.39, 0.29) is 11.8 Å². The number of rotatable bonds is 8. The number of nitrogens with one attached hydrogen (secondary N) is 1. The summed E-state index contributed by atoms with van der Waals surface area (Å²) < 4.78 is 1.98. The van der Waals surface area contributed by atoms with Gasteiger partial charge in [0.1, 0.15) is 0 Å². The number of hydrogen-bond acceptors (Lipinski definition) is 5. The number of benzene rings is 2. The fourth-order valence-electron chi connectivity index (χ4n) is 4.93. The second kappa shape index (κ2) is 9.88. The summed E-state index contributed by atoms with van der Waals surface area (Å²) in [5, 5.41) is 11.9. The number of aromatic nitrogens is 3. The van der Waals surface area contributed by atoms with Gasteiger partial charge in [0.25, 0.3) is 0 Å². The quantitative estimate of drug-likeness (QED) is 0.535. The first-order valence-corrected chi connectivity index (χ1v) is 12.4. The Labute approximate surface area is 193 Å². The SMILES string of the molecule is O=C(NCc1ccccc1)C1CN2CCC1CC2Cn1cc(CSc2ccccc2)nn1. The van der Waals surface area contributed by atoms with Crippen molar-refractivity contribution in [2.45, 2.75) is 42.6 Å². The highest BCUT2D eigenvalue weighted by Gasteiger charge is 2.43. The molecular weight excluding hydrogens is 418 g/mol. The molecule has 3 fully saturated rings. The Balaban J connectivity index is 1.12. The molecule has 3 aromatic rings. The van der Waals surface area contributed by atoms with Gasteiger partial charge < -0.3 is 5.32 Å². The Morgan fingerprint density at radius 3 is 2.62 bits per heavy atom. The average Bonchev–Trinajstić information content (AvgIpc) is 3.30. The van der Waals surface area contributed by atoms with Crippen LogP contribution in [0.25, 0.3) is 0 Å². The highest BCUT2D eigenvalue weighted by Crippen LogP contribution is 2.37. The maximum Gasteiger partial charge on any atom is 0.224 e. The first kappa shape index (κ1) is 21.2. The monoisotopic (exact) mass is 447 g/mol. The van der Waals surface area contributed by atoms with Gasteiger partial charge in [-0.25, -0.2) is 0 Å². The Hall–Kier alpha value is -2.64. The largest absolute Gasteiger partial charge is 0.352 e. The fraction of sp³-hybridized carbons (Fsp3) is 0.400. The molecule has 1 N–H and O–H groups in total. The minimum Gasteiger partial charge on any atom is -0.352 e. The lowest BCUT2D eigenvalue weighted by molar-refractivity contribution is -0.133. The van der Waals surface area contributed by atoms with Crippen LogP contribution in [0.3, 0.4) is 0 Å². The fourth-order valence-corrected chi connectivity index (χ4v) is 5.72. The Kier molecular flexibility index (Phi) is 6.55. The van der Waals surface area contributed by atoms with Crippen LogP contribution in [0.5, 0.6) is 0 Å². The molecule has 0 spiro atoms. The summed E-state index contributed by atoms with van der Waals surface area (Å²) in [5.41, 5.74) is 2.15. The van der Waals surface area contributed by atoms with E-state index in [9.17, 15) is 4.79 Å². The molecule has 3 aliphatic rings. The van der Waals surface area contributed by atoms with Gasteiger partial charge in [0.05, 0.1) is 18.2 Å². The van der Waals surface area contributed by atoms with Gasteiger partial charge >= 0.3 is 0 Å². The molecule has 4 atom stereocenters. The number of hydrogen-bond donors (Lipinski definition) is 1. The van der Waals surface area contributed by atoms with Crippen LogP contribution in [0, 0.1) is 11.8 Å². The first-order valence-electron chi connectivity index (χ1n) is 11.4. The van der Waals surface area contributed by atoms with Crippen molar-refractivity contribution in [1.82, 2.24) is 25.2 Å². The van der Waals surface area contributed by atoms with E-state index in [1.165, 1.54) is 4.90 Å². The van der Waals surface area contributed by atoms with Crippen LogP contribution in [-0.2, 0) is 23.6 Å². The van der Waals surface area contributed by atoms with Crippen molar-refractivity contribution in [2.24, 2.45) is 11.8 Å². The normalized spacial score (nSPS) is 24.4. The van der Waals surface area contributed by atoms with Gasteiger partial charge in [-0.3, -0.25) is 14.4 Å². The summed E-state index contributed by atoms with van der Waals surface area (Å²) >= 11 is 1.78. The van der Waals surface area contributed by atoms with Crippen molar-refractivity contribution < 1.29 is 4.79 Å². The third-order valence-electron chi connectivity index (χ3n) is 6.64. The van der Waals surface area contributed by atoms with Crippen LogP contribution in [0.1, 0.15) is 24.1 Å². The lowest BCUT2D eigenvalue weighted by atomic mass is 9.75. The molecule has 3 aliphatic heterocycles. The molecule has 4 heterocycles. The average molecular weight is 448 g/mol. The van der Waals surface area contributed by atoms with Crippen LogP contribution >= 0.6 is 11.8 Å². The maximum atomic E-state index is 12.9. The van der Waals surface area contributed by atoms with Crippen LogP contribution in [0.2, 0.25) is 0 Å². The molecule has 7 heteroatoms. The minimum atomic E-state index is 0.0947. The van der Waals surface area contributed by atoms with E-state index in [4.69, 9.17) is 0 Å². The number of piperidine rings is 3. The molecular formula is C25H29N5OS. The van der Waals surface area contributed by atoms with E-state index in [1.54, 1.807) is 11.8 Å². The highest BCUT2D eigenvalue weighted by molar-refractivity contribution is 7.98. The van der Waals surface area contributed by atoms with Gasteiger partial charge in [-0.2, -0.15) is 0 Å². The van der Waals surface area contributed by atoms with Gasteiger partial charge in [-0.1, -0.05) is 53.7 Å².